The van der Waals surface area contributed by atoms with Gasteiger partial charge in [0, 0.05) is 10.8 Å². The molecule has 3 aromatic carbocycles. The van der Waals surface area contributed by atoms with E-state index in [4.69, 9.17) is 4.42 Å². The average molecular weight is 357 g/mol. The molecule has 1 heterocycles. The Morgan fingerprint density at radius 1 is 0.556 bits per heavy atom. The minimum absolute atomic E-state index is 0.111. The van der Waals surface area contributed by atoms with E-state index in [0.717, 1.165) is 11.2 Å². The molecule has 0 spiro atoms. The van der Waals surface area contributed by atoms with E-state index in [2.05, 4.69) is 90.1 Å². The lowest BCUT2D eigenvalue weighted by atomic mass is 9.79. The van der Waals surface area contributed by atoms with Crippen molar-refractivity contribution in [3.8, 4) is 11.1 Å². The summed E-state index contributed by atoms with van der Waals surface area (Å²) in [6, 6.07) is 21.9. The van der Waals surface area contributed by atoms with E-state index in [1.807, 2.05) is 12.1 Å². The third kappa shape index (κ3) is 3.27. The van der Waals surface area contributed by atoms with Crippen LogP contribution in [0.1, 0.15) is 52.7 Å². The molecule has 0 radical (unpaired) electrons. The van der Waals surface area contributed by atoms with Crippen LogP contribution in [0.4, 0.5) is 0 Å². The Hall–Kier alpha value is -2.54. The van der Waals surface area contributed by atoms with Gasteiger partial charge >= 0.3 is 0 Å². The van der Waals surface area contributed by atoms with Crippen molar-refractivity contribution >= 4 is 21.9 Å². The number of rotatable bonds is 1. The minimum atomic E-state index is 0.111. The number of fused-ring (bicyclic) bond motifs is 3. The standard InChI is InChI=1S/C26H28O/c1-25(2,3)19-13-18(14-20(16-19)26(4,5)6)17-11-12-22-21-9-7-8-10-23(21)27-24(22)15-17/h7-16H,1-6H3. The fraction of sp³-hybridized carbons (Fsp3) is 0.308. The zero-order valence-electron chi connectivity index (χ0n) is 17.2. The molecule has 0 N–H and O–H groups in total. The molecular formula is C26H28O. The monoisotopic (exact) mass is 356 g/mol. The first-order chi connectivity index (χ1) is 12.6. The van der Waals surface area contributed by atoms with Crippen LogP contribution in [0.2, 0.25) is 0 Å². The van der Waals surface area contributed by atoms with E-state index >= 15 is 0 Å². The summed E-state index contributed by atoms with van der Waals surface area (Å²) in [7, 11) is 0. The highest BCUT2D eigenvalue weighted by Crippen LogP contribution is 2.36. The van der Waals surface area contributed by atoms with Gasteiger partial charge in [-0.25, -0.2) is 0 Å². The van der Waals surface area contributed by atoms with Gasteiger partial charge in [0.15, 0.2) is 0 Å². The van der Waals surface area contributed by atoms with Gasteiger partial charge in [0.2, 0.25) is 0 Å². The third-order valence-corrected chi connectivity index (χ3v) is 5.38. The maximum Gasteiger partial charge on any atom is 0.136 e. The quantitative estimate of drug-likeness (QED) is 0.338. The van der Waals surface area contributed by atoms with Gasteiger partial charge in [-0.05, 0) is 51.3 Å². The van der Waals surface area contributed by atoms with E-state index in [1.54, 1.807) is 0 Å². The van der Waals surface area contributed by atoms with Gasteiger partial charge in [-0.3, -0.25) is 0 Å². The van der Waals surface area contributed by atoms with Gasteiger partial charge in [-0.2, -0.15) is 0 Å². The van der Waals surface area contributed by atoms with Gasteiger partial charge in [0.1, 0.15) is 11.2 Å². The minimum Gasteiger partial charge on any atom is -0.456 e. The van der Waals surface area contributed by atoms with Crippen LogP contribution in [0, 0.1) is 0 Å². The third-order valence-electron chi connectivity index (χ3n) is 5.38. The molecule has 0 amide bonds. The highest BCUT2D eigenvalue weighted by molar-refractivity contribution is 6.05. The van der Waals surface area contributed by atoms with Gasteiger partial charge in [0.25, 0.3) is 0 Å². The lowest BCUT2D eigenvalue weighted by Crippen LogP contribution is -2.16. The number of benzene rings is 3. The van der Waals surface area contributed by atoms with Crippen LogP contribution in [0.15, 0.2) is 65.1 Å². The van der Waals surface area contributed by atoms with Crippen molar-refractivity contribution < 1.29 is 4.42 Å². The molecule has 1 heteroatoms. The smallest absolute Gasteiger partial charge is 0.136 e. The van der Waals surface area contributed by atoms with Crippen molar-refractivity contribution in [3.05, 3.63) is 71.8 Å². The van der Waals surface area contributed by atoms with Crippen molar-refractivity contribution in [1.29, 1.82) is 0 Å². The second-order valence-corrected chi connectivity index (χ2v) is 9.61. The summed E-state index contributed by atoms with van der Waals surface area (Å²) in [4.78, 5) is 0. The number of furan rings is 1. The topological polar surface area (TPSA) is 13.1 Å². The predicted molar refractivity (Wildman–Crippen MR) is 117 cm³/mol. The molecule has 1 aromatic heterocycles. The van der Waals surface area contributed by atoms with Crippen molar-refractivity contribution in [2.75, 3.05) is 0 Å². The molecule has 138 valence electrons. The maximum atomic E-state index is 6.11. The lowest BCUT2D eigenvalue weighted by Gasteiger charge is -2.26. The first-order valence-electron chi connectivity index (χ1n) is 9.71. The molecule has 0 saturated heterocycles. The van der Waals surface area contributed by atoms with Crippen LogP contribution in [-0.2, 0) is 10.8 Å². The molecule has 0 saturated carbocycles. The van der Waals surface area contributed by atoms with Crippen molar-refractivity contribution in [2.45, 2.75) is 52.4 Å². The van der Waals surface area contributed by atoms with Gasteiger partial charge in [0.05, 0.1) is 0 Å². The van der Waals surface area contributed by atoms with Crippen LogP contribution in [0.25, 0.3) is 33.1 Å². The van der Waals surface area contributed by atoms with E-state index in [1.165, 1.54) is 33.0 Å². The Kier molecular flexibility index (Phi) is 3.96. The van der Waals surface area contributed by atoms with E-state index in [9.17, 15) is 0 Å². The second kappa shape index (κ2) is 5.99. The first kappa shape index (κ1) is 17.9. The van der Waals surface area contributed by atoms with Crippen LogP contribution in [0.5, 0.6) is 0 Å². The molecule has 0 aliphatic heterocycles. The summed E-state index contributed by atoms with van der Waals surface area (Å²) < 4.78 is 6.11. The molecule has 0 atom stereocenters. The highest BCUT2D eigenvalue weighted by atomic mass is 16.3. The van der Waals surface area contributed by atoms with E-state index in [0.29, 0.717) is 0 Å². The molecule has 0 aliphatic carbocycles. The molecule has 0 bridgehead atoms. The summed E-state index contributed by atoms with van der Waals surface area (Å²) in [5.41, 5.74) is 7.33. The fourth-order valence-electron chi connectivity index (χ4n) is 3.57. The van der Waals surface area contributed by atoms with Crippen LogP contribution >= 0.6 is 0 Å². The summed E-state index contributed by atoms with van der Waals surface area (Å²) >= 11 is 0. The average Bonchev–Trinajstić information content (AvgIpc) is 2.97. The van der Waals surface area contributed by atoms with Crippen molar-refractivity contribution in [1.82, 2.24) is 0 Å². The summed E-state index contributed by atoms with van der Waals surface area (Å²) in [5, 5.41) is 2.36. The van der Waals surface area contributed by atoms with Crippen LogP contribution in [-0.4, -0.2) is 0 Å². The summed E-state index contributed by atoms with van der Waals surface area (Å²) in [6.45, 7) is 13.7. The van der Waals surface area contributed by atoms with Gasteiger partial charge in [-0.1, -0.05) is 84.0 Å². The Balaban J connectivity index is 1.93. The number of hydrogen-bond donors (Lipinski definition) is 0. The number of hydrogen-bond acceptors (Lipinski definition) is 1. The second-order valence-electron chi connectivity index (χ2n) is 9.61. The van der Waals surface area contributed by atoms with Crippen LogP contribution < -0.4 is 0 Å². The molecule has 0 unspecified atom stereocenters. The van der Waals surface area contributed by atoms with Crippen molar-refractivity contribution in [3.63, 3.8) is 0 Å². The molecule has 4 aromatic rings. The Morgan fingerprint density at radius 2 is 1.15 bits per heavy atom. The first-order valence-corrected chi connectivity index (χ1v) is 9.71. The zero-order chi connectivity index (χ0) is 19.4. The maximum absolute atomic E-state index is 6.11. The fourth-order valence-corrected chi connectivity index (χ4v) is 3.57. The van der Waals surface area contributed by atoms with Gasteiger partial charge in [-0.15, -0.1) is 0 Å². The Morgan fingerprint density at radius 3 is 1.78 bits per heavy atom. The molecule has 27 heavy (non-hydrogen) atoms. The normalized spacial score (nSPS) is 12.8. The lowest BCUT2D eigenvalue weighted by molar-refractivity contribution is 0.569. The van der Waals surface area contributed by atoms with E-state index < -0.39 is 0 Å². The van der Waals surface area contributed by atoms with E-state index in [-0.39, 0.29) is 10.8 Å². The highest BCUT2D eigenvalue weighted by Gasteiger charge is 2.21. The van der Waals surface area contributed by atoms with Crippen LogP contribution in [0.3, 0.4) is 0 Å². The van der Waals surface area contributed by atoms with Gasteiger partial charge < -0.3 is 4.42 Å². The Bertz CT molecular complexity index is 1100. The van der Waals surface area contributed by atoms with Crippen molar-refractivity contribution in [2.24, 2.45) is 0 Å². The molecule has 0 aliphatic rings. The molecule has 0 fully saturated rings. The summed E-state index contributed by atoms with van der Waals surface area (Å²) in [5.74, 6) is 0. The molecular weight excluding hydrogens is 328 g/mol. The zero-order valence-corrected chi connectivity index (χ0v) is 17.2. The Labute approximate surface area is 162 Å². The largest absolute Gasteiger partial charge is 0.456 e. The SMILES string of the molecule is CC(C)(C)c1cc(-c2ccc3c(c2)oc2ccccc23)cc(C(C)(C)C)c1. The number of para-hydroxylation sites is 1. The molecule has 1 nitrogen and oxygen atoms in total. The predicted octanol–water partition coefficient (Wildman–Crippen LogP) is 7.85. The summed E-state index contributed by atoms with van der Waals surface area (Å²) in [6.07, 6.45) is 0. The molecule has 4 rings (SSSR count).